The summed E-state index contributed by atoms with van der Waals surface area (Å²) in [6.07, 6.45) is 5.18. The van der Waals surface area contributed by atoms with Crippen LogP contribution in [0.25, 0.3) is 0 Å². The van der Waals surface area contributed by atoms with Crippen molar-refractivity contribution in [3.63, 3.8) is 0 Å². The second kappa shape index (κ2) is 4.06. The van der Waals surface area contributed by atoms with Crippen molar-refractivity contribution >= 4 is 0 Å². The van der Waals surface area contributed by atoms with E-state index in [-0.39, 0.29) is 5.41 Å². The molecule has 0 aromatic heterocycles. The molecule has 14 heavy (non-hydrogen) atoms. The average molecular weight is 196 g/mol. The Kier molecular flexibility index (Phi) is 3.41. The maximum absolute atomic E-state index is 6.14. The topological polar surface area (TPSA) is 9.23 Å². The third kappa shape index (κ3) is 2.60. The summed E-state index contributed by atoms with van der Waals surface area (Å²) < 4.78 is 6.14. The molecule has 1 heteroatoms. The van der Waals surface area contributed by atoms with Crippen molar-refractivity contribution in [1.82, 2.24) is 0 Å². The van der Waals surface area contributed by atoms with Gasteiger partial charge in [-0.1, -0.05) is 53.7 Å². The van der Waals surface area contributed by atoms with Crippen molar-refractivity contribution in [2.75, 3.05) is 0 Å². The molecule has 0 amide bonds. The van der Waals surface area contributed by atoms with Crippen LogP contribution < -0.4 is 0 Å². The van der Waals surface area contributed by atoms with E-state index in [1.807, 2.05) is 0 Å². The maximum atomic E-state index is 6.14. The number of hydrogen-bond donors (Lipinski definition) is 0. The molecule has 0 saturated heterocycles. The average Bonchev–Trinajstić information content (AvgIpc) is 2.02. The highest BCUT2D eigenvalue weighted by atomic mass is 16.5. The van der Waals surface area contributed by atoms with Crippen molar-refractivity contribution in [3.05, 3.63) is 12.2 Å². The highest BCUT2D eigenvalue weighted by Gasteiger charge is 2.34. The van der Waals surface area contributed by atoms with E-state index in [0.29, 0.717) is 24.0 Å². The summed E-state index contributed by atoms with van der Waals surface area (Å²) in [5, 5.41) is 0. The van der Waals surface area contributed by atoms with Gasteiger partial charge in [0.1, 0.15) is 0 Å². The minimum Gasteiger partial charge on any atom is -0.370 e. The first-order chi connectivity index (χ1) is 6.32. The molecule has 1 nitrogen and oxygen atoms in total. The molecule has 0 fully saturated rings. The monoisotopic (exact) mass is 196 g/mol. The molecule has 0 N–H and O–H groups in total. The molecule has 0 aromatic carbocycles. The molecule has 0 spiro atoms. The molecule has 3 atom stereocenters. The fourth-order valence-electron chi connectivity index (χ4n) is 2.10. The van der Waals surface area contributed by atoms with Crippen LogP contribution in [0.1, 0.15) is 41.5 Å². The minimum absolute atomic E-state index is 0.233. The highest BCUT2D eigenvalue weighted by molar-refractivity contribution is 5.03. The van der Waals surface area contributed by atoms with Gasteiger partial charge in [0, 0.05) is 5.92 Å². The lowest BCUT2D eigenvalue weighted by atomic mass is 9.80. The van der Waals surface area contributed by atoms with Gasteiger partial charge in [0.25, 0.3) is 0 Å². The van der Waals surface area contributed by atoms with E-state index in [4.69, 9.17) is 4.74 Å². The Hall–Kier alpha value is -0.300. The first kappa shape index (κ1) is 11.8. The summed E-state index contributed by atoms with van der Waals surface area (Å²) in [5.41, 5.74) is 0.233. The van der Waals surface area contributed by atoms with E-state index in [1.54, 1.807) is 0 Å². The number of hydrogen-bond acceptors (Lipinski definition) is 1. The van der Waals surface area contributed by atoms with Gasteiger partial charge in [0.2, 0.25) is 0 Å². The van der Waals surface area contributed by atoms with E-state index in [2.05, 4.69) is 53.7 Å². The van der Waals surface area contributed by atoms with E-state index in [1.165, 1.54) is 0 Å². The Labute approximate surface area is 88.5 Å². The summed E-state index contributed by atoms with van der Waals surface area (Å²) in [7, 11) is 0. The lowest BCUT2D eigenvalue weighted by Gasteiger charge is -2.40. The minimum atomic E-state index is 0.233. The number of rotatable bonds is 1. The van der Waals surface area contributed by atoms with Crippen molar-refractivity contribution < 1.29 is 4.74 Å². The Morgan fingerprint density at radius 1 is 1.14 bits per heavy atom. The van der Waals surface area contributed by atoms with Gasteiger partial charge < -0.3 is 4.74 Å². The summed E-state index contributed by atoms with van der Waals surface area (Å²) in [5.74, 6) is 1.11. The molecule has 0 bridgehead atoms. The SMILES string of the molecule is CC(C)C1C=CC(C)C(C(C)(C)C)O1. The zero-order valence-corrected chi connectivity index (χ0v) is 10.4. The predicted molar refractivity (Wildman–Crippen MR) is 61.3 cm³/mol. The number of ether oxygens (including phenoxy) is 1. The summed E-state index contributed by atoms with van der Waals surface area (Å²) in [6, 6.07) is 0. The summed E-state index contributed by atoms with van der Waals surface area (Å²) in [6.45, 7) is 13.4. The van der Waals surface area contributed by atoms with Crippen LogP contribution in [0, 0.1) is 17.3 Å². The first-order valence-corrected chi connectivity index (χ1v) is 5.66. The molecule has 3 unspecified atom stereocenters. The third-order valence-electron chi connectivity index (χ3n) is 2.90. The van der Waals surface area contributed by atoms with E-state index >= 15 is 0 Å². The Bertz CT molecular complexity index is 210. The normalized spacial score (nSPS) is 33.8. The van der Waals surface area contributed by atoms with E-state index in [9.17, 15) is 0 Å². The standard InChI is InChI=1S/C13H24O/c1-9(2)11-8-7-10(3)12(14-11)13(4,5)6/h7-12H,1-6H3. The van der Waals surface area contributed by atoms with Gasteiger partial charge >= 0.3 is 0 Å². The van der Waals surface area contributed by atoms with Crippen molar-refractivity contribution in [2.24, 2.45) is 17.3 Å². The van der Waals surface area contributed by atoms with Gasteiger partial charge in [0.15, 0.2) is 0 Å². The van der Waals surface area contributed by atoms with Crippen LogP contribution in [0.5, 0.6) is 0 Å². The smallest absolute Gasteiger partial charge is 0.0783 e. The molecule has 0 aromatic rings. The summed E-state index contributed by atoms with van der Waals surface area (Å²) in [4.78, 5) is 0. The molecular weight excluding hydrogens is 172 g/mol. The Balaban J connectivity index is 2.76. The summed E-state index contributed by atoms with van der Waals surface area (Å²) >= 11 is 0. The van der Waals surface area contributed by atoms with Crippen LogP contribution in [0.2, 0.25) is 0 Å². The maximum Gasteiger partial charge on any atom is 0.0783 e. The molecule has 1 heterocycles. The Morgan fingerprint density at radius 3 is 2.14 bits per heavy atom. The Morgan fingerprint density at radius 2 is 1.71 bits per heavy atom. The lowest BCUT2D eigenvalue weighted by molar-refractivity contribution is -0.0897. The second-order valence-corrected chi connectivity index (χ2v) is 5.88. The van der Waals surface area contributed by atoms with Crippen LogP contribution in [0.3, 0.4) is 0 Å². The zero-order valence-electron chi connectivity index (χ0n) is 10.4. The molecule has 82 valence electrons. The predicted octanol–water partition coefficient (Wildman–Crippen LogP) is 3.65. The van der Waals surface area contributed by atoms with Crippen molar-refractivity contribution in [1.29, 1.82) is 0 Å². The molecule has 0 saturated carbocycles. The van der Waals surface area contributed by atoms with Crippen LogP contribution in [-0.2, 0) is 4.74 Å². The van der Waals surface area contributed by atoms with Crippen LogP contribution in [-0.4, -0.2) is 12.2 Å². The first-order valence-electron chi connectivity index (χ1n) is 5.66. The van der Waals surface area contributed by atoms with Gasteiger partial charge in [-0.25, -0.2) is 0 Å². The highest BCUT2D eigenvalue weighted by Crippen LogP contribution is 2.34. The fraction of sp³-hybridized carbons (Fsp3) is 0.846. The van der Waals surface area contributed by atoms with Crippen LogP contribution in [0.4, 0.5) is 0 Å². The van der Waals surface area contributed by atoms with E-state index < -0.39 is 0 Å². The zero-order chi connectivity index (χ0) is 10.9. The quantitative estimate of drug-likeness (QED) is 0.582. The van der Waals surface area contributed by atoms with Crippen LogP contribution in [0.15, 0.2) is 12.2 Å². The van der Waals surface area contributed by atoms with Gasteiger partial charge in [-0.2, -0.15) is 0 Å². The molecule has 1 aliphatic heterocycles. The van der Waals surface area contributed by atoms with E-state index in [0.717, 1.165) is 0 Å². The molecule has 1 aliphatic rings. The fourth-order valence-corrected chi connectivity index (χ4v) is 2.10. The van der Waals surface area contributed by atoms with Gasteiger partial charge in [-0.15, -0.1) is 0 Å². The van der Waals surface area contributed by atoms with Gasteiger partial charge in [-0.05, 0) is 11.3 Å². The van der Waals surface area contributed by atoms with Crippen molar-refractivity contribution in [3.8, 4) is 0 Å². The van der Waals surface area contributed by atoms with Crippen molar-refractivity contribution in [2.45, 2.75) is 53.8 Å². The molecule has 0 aliphatic carbocycles. The second-order valence-electron chi connectivity index (χ2n) is 5.88. The molecule has 1 rings (SSSR count). The van der Waals surface area contributed by atoms with Crippen LogP contribution >= 0.6 is 0 Å². The van der Waals surface area contributed by atoms with Gasteiger partial charge in [-0.3, -0.25) is 0 Å². The molecular formula is C13H24O. The third-order valence-corrected chi connectivity index (χ3v) is 2.90. The lowest BCUT2D eigenvalue weighted by Crippen LogP contribution is -2.41. The largest absolute Gasteiger partial charge is 0.370 e. The molecule has 0 radical (unpaired) electrons. The van der Waals surface area contributed by atoms with Gasteiger partial charge in [0.05, 0.1) is 12.2 Å².